The van der Waals surface area contributed by atoms with Gasteiger partial charge in [0.05, 0.1) is 17.1 Å². The zero-order valence-electron chi connectivity index (χ0n) is 16.7. The summed E-state index contributed by atoms with van der Waals surface area (Å²) in [6.07, 6.45) is 3.14. The predicted octanol–water partition coefficient (Wildman–Crippen LogP) is 3.16. The van der Waals surface area contributed by atoms with Gasteiger partial charge < -0.3 is 14.6 Å². The standard InChI is InChI=1S/C21H19FN4O5/c1-3-31-21(28)14-10-13(11-15(12-14)26(29)30)20(27)24-18(19-23-8-9-25(19)2)16-6-4-5-7-17(16)22/h4-12,18H,3H2,1-2H3,(H,24,27). The zero-order chi connectivity index (χ0) is 22.5. The molecule has 0 spiro atoms. The number of aromatic nitrogens is 2. The number of halogens is 1. The molecule has 10 heteroatoms. The van der Waals surface area contributed by atoms with Crippen LogP contribution in [0, 0.1) is 15.9 Å². The van der Waals surface area contributed by atoms with Gasteiger partial charge in [0.15, 0.2) is 0 Å². The molecule has 1 heterocycles. The number of nitro benzene ring substituents is 1. The summed E-state index contributed by atoms with van der Waals surface area (Å²) in [5, 5.41) is 13.9. The van der Waals surface area contributed by atoms with Crippen molar-refractivity contribution in [1.82, 2.24) is 14.9 Å². The third-order valence-electron chi connectivity index (χ3n) is 4.51. The predicted molar refractivity (Wildman–Crippen MR) is 108 cm³/mol. The van der Waals surface area contributed by atoms with Crippen molar-refractivity contribution in [1.29, 1.82) is 0 Å². The first-order valence-corrected chi connectivity index (χ1v) is 9.31. The Hall–Kier alpha value is -4.08. The molecule has 2 aromatic carbocycles. The van der Waals surface area contributed by atoms with Crippen LogP contribution in [0.2, 0.25) is 0 Å². The lowest BCUT2D eigenvalue weighted by atomic mass is 10.0. The van der Waals surface area contributed by atoms with E-state index in [2.05, 4.69) is 10.3 Å². The highest BCUT2D eigenvalue weighted by molar-refractivity contribution is 5.99. The van der Waals surface area contributed by atoms with E-state index in [9.17, 15) is 24.1 Å². The van der Waals surface area contributed by atoms with E-state index in [0.717, 1.165) is 12.1 Å². The average Bonchev–Trinajstić information content (AvgIpc) is 3.18. The summed E-state index contributed by atoms with van der Waals surface area (Å²) in [5.74, 6) is -1.74. The molecular weight excluding hydrogens is 407 g/mol. The minimum Gasteiger partial charge on any atom is -0.462 e. The number of carbonyl (C=O) groups is 2. The lowest BCUT2D eigenvalue weighted by Gasteiger charge is -2.20. The van der Waals surface area contributed by atoms with Gasteiger partial charge in [0.1, 0.15) is 17.7 Å². The number of nitrogens with zero attached hydrogens (tertiary/aromatic N) is 3. The first-order chi connectivity index (χ1) is 14.8. The number of nitrogens with one attached hydrogen (secondary N) is 1. The van der Waals surface area contributed by atoms with E-state index in [1.54, 1.807) is 30.8 Å². The van der Waals surface area contributed by atoms with Crippen LogP contribution in [-0.2, 0) is 11.8 Å². The minimum atomic E-state index is -0.973. The van der Waals surface area contributed by atoms with Gasteiger partial charge in [-0.3, -0.25) is 14.9 Å². The molecule has 1 unspecified atom stereocenters. The first-order valence-electron chi connectivity index (χ1n) is 9.31. The number of hydrogen-bond acceptors (Lipinski definition) is 6. The highest BCUT2D eigenvalue weighted by Crippen LogP contribution is 2.25. The summed E-state index contributed by atoms with van der Waals surface area (Å²) < 4.78 is 21.0. The Morgan fingerprint density at radius 2 is 1.97 bits per heavy atom. The van der Waals surface area contributed by atoms with Gasteiger partial charge in [0.2, 0.25) is 0 Å². The first kappa shape index (κ1) is 21.6. The number of esters is 1. The minimum absolute atomic E-state index is 0.0670. The second kappa shape index (κ2) is 9.16. The van der Waals surface area contributed by atoms with Crippen molar-refractivity contribution in [3.8, 4) is 0 Å². The fourth-order valence-corrected chi connectivity index (χ4v) is 3.04. The quantitative estimate of drug-likeness (QED) is 0.352. The van der Waals surface area contributed by atoms with Crippen LogP contribution in [0.15, 0.2) is 54.9 Å². The number of benzene rings is 2. The van der Waals surface area contributed by atoms with Crippen LogP contribution < -0.4 is 5.32 Å². The number of nitro groups is 1. The molecule has 1 aromatic heterocycles. The monoisotopic (exact) mass is 426 g/mol. The lowest BCUT2D eigenvalue weighted by molar-refractivity contribution is -0.384. The second-order valence-corrected chi connectivity index (χ2v) is 6.57. The SMILES string of the molecule is CCOC(=O)c1cc(C(=O)NC(c2ccccc2F)c2nccn2C)cc([N+](=O)[O-])c1. The number of amides is 1. The van der Waals surface area contributed by atoms with Gasteiger partial charge in [-0.05, 0) is 19.1 Å². The van der Waals surface area contributed by atoms with Crippen molar-refractivity contribution in [2.45, 2.75) is 13.0 Å². The molecule has 160 valence electrons. The summed E-state index contributed by atoms with van der Waals surface area (Å²) in [7, 11) is 1.69. The zero-order valence-corrected chi connectivity index (χ0v) is 16.7. The smallest absolute Gasteiger partial charge is 0.338 e. The van der Waals surface area contributed by atoms with Gasteiger partial charge in [-0.2, -0.15) is 0 Å². The maximum atomic E-state index is 14.5. The summed E-state index contributed by atoms with van der Waals surface area (Å²) in [4.78, 5) is 39.8. The van der Waals surface area contributed by atoms with Gasteiger partial charge >= 0.3 is 5.97 Å². The molecular formula is C21H19FN4O5. The molecule has 0 bridgehead atoms. The topological polar surface area (TPSA) is 116 Å². The number of aryl methyl sites for hydroxylation is 1. The maximum Gasteiger partial charge on any atom is 0.338 e. The van der Waals surface area contributed by atoms with Crippen molar-refractivity contribution in [3.63, 3.8) is 0 Å². The summed E-state index contributed by atoms with van der Waals surface area (Å²) >= 11 is 0. The van der Waals surface area contributed by atoms with Crippen LogP contribution in [0.1, 0.15) is 45.1 Å². The summed E-state index contributed by atoms with van der Waals surface area (Å²) in [6.45, 7) is 1.66. The third-order valence-corrected chi connectivity index (χ3v) is 4.51. The van der Waals surface area contributed by atoms with E-state index < -0.39 is 34.3 Å². The molecule has 1 amide bonds. The van der Waals surface area contributed by atoms with Gasteiger partial charge in [-0.15, -0.1) is 0 Å². The van der Waals surface area contributed by atoms with E-state index >= 15 is 0 Å². The summed E-state index contributed by atoms with van der Waals surface area (Å²) in [5.41, 5.74) is -0.565. The van der Waals surface area contributed by atoms with Gasteiger partial charge in [-0.25, -0.2) is 14.2 Å². The number of rotatable bonds is 7. The van der Waals surface area contributed by atoms with E-state index in [0.29, 0.717) is 5.82 Å². The fraction of sp³-hybridized carbons (Fsp3) is 0.190. The average molecular weight is 426 g/mol. The number of carbonyl (C=O) groups excluding carboxylic acids is 2. The Balaban J connectivity index is 2.02. The Labute approximate surface area is 176 Å². The van der Waals surface area contributed by atoms with Crippen molar-refractivity contribution in [2.24, 2.45) is 7.05 Å². The molecule has 1 atom stereocenters. The van der Waals surface area contributed by atoms with Crippen LogP contribution in [0.4, 0.5) is 10.1 Å². The van der Waals surface area contributed by atoms with Crippen LogP contribution in [0.5, 0.6) is 0 Å². The Kier molecular flexibility index (Phi) is 6.39. The molecule has 3 rings (SSSR count). The number of imidazole rings is 1. The van der Waals surface area contributed by atoms with E-state index in [4.69, 9.17) is 4.74 Å². The molecule has 1 N–H and O–H groups in total. The fourth-order valence-electron chi connectivity index (χ4n) is 3.04. The molecule has 0 aliphatic heterocycles. The van der Waals surface area contributed by atoms with E-state index in [-0.39, 0.29) is 23.3 Å². The molecule has 0 aliphatic rings. The largest absolute Gasteiger partial charge is 0.462 e. The van der Waals surface area contributed by atoms with Crippen LogP contribution in [-0.4, -0.2) is 33.0 Å². The van der Waals surface area contributed by atoms with Crippen molar-refractivity contribution < 1.29 is 23.6 Å². The molecule has 9 nitrogen and oxygen atoms in total. The number of non-ortho nitro benzene ring substituents is 1. The molecule has 0 saturated carbocycles. The second-order valence-electron chi connectivity index (χ2n) is 6.57. The molecule has 0 radical (unpaired) electrons. The third kappa shape index (κ3) is 4.74. The van der Waals surface area contributed by atoms with Gasteiger partial charge in [0.25, 0.3) is 11.6 Å². The van der Waals surface area contributed by atoms with Crippen LogP contribution in [0.3, 0.4) is 0 Å². The summed E-state index contributed by atoms with van der Waals surface area (Å²) in [6, 6.07) is 8.18. The highest BCUT2D eigenvalue weighted by Gasteiger charge is 2.26. The normalized spacial score (nSPS) is 11.6. The van der Waals surface area contributed by atoms with Crippen LogP contribution in [0.25, 0.3) is 0 Å². The molecule has 31 heavy (non-hydrogen) atoms. The van der Waals surface area contributed by atoms with Crippen LogP contribution >= 0.6 is 0 Å². The van der Waals surface area contributed by atoms with Gasteiger partial charge in [-0.1, -0.05) is 18.2 Å². The van der Waals surface area contributed by atoms with E-state index in [1.807, 2.05) is 0 Å². The van der Waals surface area contributed by atoms with Gasteiger partial charge in [0, 0.05) is 42.7 Å². The molecule has 0 aliphatic carbocycles. The Morgan fingerprint density at radius 1 is 1.26 bits per heavy atom. The maximum absolute atomic E-state index is 14.5. The molecule has 0 saturated heterocycles. The number of ether oxygens (including phenoxy) is 1. The van der Waals surface area contributed by atoms with Crippen molar-refractivity contribution in [3.05, 3.63) is 93.3 Å². The van der Waals surface area contributed by atoms with E-state index in [1.165, 1.54) is 30.5 Å². The van der Waals surface area contributed by atoms with Crippen molar-refractivity contribution >= 4 is 17.6 Å². The lowest BCUT2D eigenvalue weighted by Crippen LogP contribution is -2.32. The highest BCUT2D eigenvalue weighted by atomic mass is 19.1. The Bertz CT molecular complexity index is 1140. The number of hydrogen-bond donors (Lipinski definition) is 1. The molecule has 0 fully saturated rings. The Morgan fingerprint density at radius 3 is 2.58 bits per heavy atom. The molecule has 3 aromatic rings. The van der Waals surface area contributed by atoms with Crippen molar-refractivity contribution in [2.75, 3.05) is 6.61 Å².